The number of rotatable bonds is 8. The summed E-state index contributed by atoms with van der Waals surface area (Å²) in [6.45, 7) is 2.28. The van der Waals surface area contributed by atoms with E-state index in [1.807, 2.05) is 43.3 Å². The van der Waals surface area contributed by atoms with Gasteiger partial charge in [0, 0.05) is 5.69 Å². The first-order valence-corrected chi connectivity index (χ1v) is 11.2. The third-order valence-electron chi connectivity index (χ3n) is 4.32. The number of benzene rings is 3. The van der Waals surface area contributed by atoms with Crippen LogP contribution in [0.15, 0.2) is 66.7 Å². The van der Waals surface area contributed by atoms with Gasteiger partial charge in [0.25, 0.3) is 0 Å². The normalized spacial score (nSPS) is 11.2. The summed E-state index contributed by atoms with van der Waals surface area (Å²) in [7, 11) is -3.64. The van der Waals surface area contributed by atoms with Crippen LogP contribution in [0.4, 0.5) is 11.4 Å². The maximum Gasteiger partial charge on any atom is 0.245 e. The number of hydrogen-bond donors (Lipinski definition) is 1. The lowest BCUT2D eigenvalue weighted by atomic mass is 10.1. The van der Waals surface area contributed by atoms with Crippen LogP contribution in [0.1, 0.15) is 13.3 Å². The Hall–Kier alpha value is -3.06. The Balaban J connectivity index is 1.74. The molecule has 0 aliphatic carbocycles. The van der Waals surface area contributed by atoms with Crippen LogP contribution >= 0.6 is 0 Å². The fourth-order valence-electron chi connectivity index (χ4n) is 2.93. The highest BCUT2D eigenvalue weighted by atomic mass is 32.2. The maximum absolute atomic E-state index is 12.5. The summed E-state index contributed by atoms with van der Waals surface area (Å²) in [5, 5.41) is 4.83. The number of carbonyl (C=O) groups is 1. The van der Waals surface area contributed by atoms with Crippen molar-refractivity contribution in [2.24, 2.45) is 0 Å². The fraction of sp³-hybridized carbons (Fsp3) is 0.227. The van der Waals surface area contributed by atoms with E-state index >= 15 is 0 Å². The van der Waals surface area contributed by atoms with E-state index in [2.05, 4.69) is 5.32 Å². The minimum Gasteiger partial charge on any atom is -0.494 e. The predicted molar refractivity (Wildman–Crippen MR) is 117 cm³/mol. The summed E-state index contributed by atoms with van der Waals surface area (Å²) in [4.78, 5) is 12.5. The molecule has 0 saturated heterocycles. The first-order chi connectivity index (χ1) is 13.9. The van der Waals surface area contributed by atoms with Crippen LogP contribution in [0, 0.1) is 0 Å². The van der Waals surface area contributed by atoms with Crippen molar-refractivity contribution in [1.29, 1.82) is 0 Å². The SMILES string of the molecule is CCCOc1ccc(N(CC(=O)Nc2ccc3ccccc3c2)S(C)(=O)=O)cc1. The molecule has 3 aromatic carbocycles. The van der Waals surface area contributed by atoms with Crippen LogP contribution < -0.4 is 14.4 Å². The van der Waals surface area contributed by atoms with E-state index in [0.29, 0.717) is 23.7 Å². The summed E-state index contributed by atoms with van der Waals surface area (Å²) in [5.41, 5.74) is 1.02. The third kappa shape index (κ3) is 5.48. The number of nitrogens with one attached hydrogen (secondary N) is 1. The number of carbonyl (C=O) groups excluding carboxylic acids is 1. The lowest BCUT2D eigenvalue weighted by molar-refractivity contribution is -0.114. The van der Waals surface area contributed by atoms with Gasteiger partial charge in [0.1, 0.15) is 12.3 Å². The average Bonchev–Trinajstić information content (AvgIpc) is 2.70. The summed E-state index contributed by atoms with van der Waals surface area (Å²) < 4.78 is 31.1. The van der Waals surface area contributed by atoms with Gasteiger partial charge in [-0.05, 0) is 53.6 Å². The van der Waals surface area contributed by atoms with Crippen LogP contribution in [0.3, 0.4) is 0 Å². The molecule has 0 heterocycles. The van der Waals surface area contributed by atoms with Gasteiger partial charge in [-0.3, -0.25) is 9.10 Å². The zero-order valence-electron chi connectivity index (χ0n) is 16.5. The molecule has 0 unspecified atom stereocenters. The molecule has 0 fully saturated rings. The highest BCUT2D eigenvalue weighted by molar-refractivity contribution is 7.92. The van der Waals surface area contributed by atoms with Gasteiger partial charge in [0.15, 0.2) is 0 Å². The summed E-state index contributed by atoms with van der Waals surface area (Å²) in [5.74, 6) is 0.238. The molecule has 7 heteroatoms. The van der Waals surface area contributed by atoms with E-state index in [4.69, 9.17) is 4.74 Å². The van der Waals surface area contributed by atoms with Gasteiger partial charge >= 0.3 is 0 Å². The van der Waals surface area contributed by atoms with Gasteiger partial charge in [-0.2, -0.15) is 0 Å². The lowest BCUT2D eigenvalue weighted by Gasteiger charge is -2.22. The number of fused-ring (bicyclic) bond motifs is 1. The Morgan fingerprint density at radius 3 is 2.34 bits per heavy atom. The number of nitrogens with zero attached hydrogens (tertiary/aromatic N) is 1. The zero-order valence-corrected chi connectivity index (χ0v) is 17.3. The van der Waals surface area contributed by atoms with E-state index < -0.39 is 15.9 Å². The van der Waals surface area contributed by atoms with Crippen molar-refractivity contribution in [2.75, 3.05) is 29.0 Å². The van der Waals surface area contributed by atoms with E-state index in [0.717, 1.165) is 27.8 Å². The molecule has 0 spiro atoms. The number of sulfonamides is 1. The quantitative estimate of drug-likeness (QED) is 0.606. The standard InChI is InChI=1S/C22H24N2O4S/c1-3-14-28-21-12-10-20(11-13-21)24(29(2,26)27)16-22(25)23-19-9-8-17-6-4-5-7-18(17)15-19/h4-13,15H,3,14,16H2,1-2H3,(H,23,25). The van der Waals surface area contributed by atoms with Gasteiger partial charge < -0.3 is 10.1 Å². The van der Waals surface area contributed by atoms with E-state index in [1.54, 1.807) is 30.3 Å². The molecule has 3 rings (SSSR count). The van der Waals surface area contributed by atoms with Crippen molar-refractivity contribution < 1.29 is 17.9 Å². The van der Waals surface area contributed by atoms with E-state index in [1.165, 1.54) is 0 Å². The Labute approximate surface area is 171 Å². The van der Waals surface area contributed by atoms with Crippen molar-refractivity contribution >= 4 is 38.1 Å². The molecule has 3 aromatic rings. The smallest absolute Gasteiger partial charge is 0.245 e. The topological polar surface area (TPSA) is 75.7 Å². The molecule has 0 radical (unpaired) electrons. The largest absolute Gasteiger partial charge is 0.494 e. The molecule has 0 atom stereocenters. The molecule has 0 aromatic heterocycles. The van der Waals surface area contributed by atoms with Crippen LogP contribution in [0.25, 0.3) is 10.8 Å². The van der Waals surface area contributed by atoms with E-state index in [9.17, 15) is 13.2 Å². The second-order valence-corrected chi connectivity index (χ2v) is 8.63. The highest BCUT2D eigenvalue weighted by Gasteiger charge is 2.21. The highest BCUT2D eigenvalue weighted by Crippen LogP contribution is 2.23. The molecule has 152 valence electrons. The summed E-state index contributed by atoms with van der Waals surface area (Å²) in [6, 6.07) is 20.0. The Kier molecular flexibility index (Phi) is 6.39. The van der Waals surface area contributed by atoms with Crippen molar-refractivity contribution in [3.05, 3.63) is 66.7 Å². The lowest BCUT2D eigenvalue weighted by Crippen LogP contribution is -2.37. The molecule has 0 bridgehead atoms. The number of hydrogen-bond acceptors (Lipinski definition) is 4. The first-order valence-electron chi connectivity index (χ1n) is 9.36. The first kappa shape index (κ1) is 20.7. The summed E-state index contributed by atoms with van der Waals surface area (Å²) >= 11 is 0. The predicted octanol–water partition coefficient (Wildman–Crippen LogP) is 4.03. The van der Waals surface area contributed by atoms with Crippen LogP contribution in [-0.4, -0.2) is 33.7 Å². The van der Waals surface area contributed by atoms with E-state index in [-0.39, 0.29) is 6.54 Å². The molecule has 0 aliphatic heterocycles. The molecule has 1 N–H and O–H groups in total. The monoisotopic (exact) mass is 412 g/mol. The Morgan fingerprint density at radius 2 is 1.69 bits per heavy atom. The van der Waals surface area contributed by atoms with Crippen molar-refractivity contribution in [1.82, 2.24) is 0 Å². The fourth-order valence-corrected chi connectivity index (χ4v) is 3.78. The second kappa shape index (κ2) is 8.96. The van der Waals surface area contributed by atoms with Gasteiger partial charge in [0.2, 0.25) is 15.9 Å². The molecule has 6 nitrogen and oxygen atoms in total. The van der Waals surface area contributed by atoms with Crippen molar-refractivity contribution in [3.8, 4) is 5.75 Å². The Bertz CT molecular complexity index is 1100. The minimum absolute atomic E-state index is 0.319. The Morgan fingerprint density at radius 1 is 1.00 bits per heavy atom. The van der Waals surface area contributed by atoms with Crippen molar-refractivity contribution in [2.45, 2.75) is 13.3 Å². The van der Waals surface area contributed by atoms with Gasteiger partial charge in [0.05, 0.1) is 18.6 Å². The van der Waals surface area contributed by atoms with Crippen LogP contribution in [0.2, 0.25) is 0 Å². The van der Waals surface area contributed by atoms with Crippen LogP contribution in [0.5, 0.6) is 5.75 Å². The molecular formula is C22H24N2O4S. The molecule has 0 saturated carbocycles. The van der Waals surface area contributed by atoms with Gasteiger partial charge in [-0.25, -0.2) is 8.42 Å². The van der Waals surface area contributed by atoms with Gasteiger partial charge in [-0.1, -0.05) is 37.3 Å². The number of ether oxygens (including phenoxy) is 1. The molecule has 0 aliphatic rings. The molecule has 1 amide bonds. The second-order valence-electron chi connectivity index (χ2n) is 6.72. The average molecular weight is 413 g/mol. The number of amides is 1. The van der Waals surface area contributed by atoms with Crippen molar-refractivity contribution in [3.63, 3.8) is 0 Å². The summed E-state index contributed by atoms with van der Waals surface area (Å²) in [6.07, 6.45) is 1.96. The third-order valence-corrected chi connectivity index (χ3v) is 5.46. The maximum atomic E-state index is 12.5. The molecule has 29 heavy (non-hydrogen) atoms. The molecular weight excluding hydrogens is 388 g/mol. The van der Waals surface area contributed by atoms with Crippen LogP contribution in [-0.2, 0) is 14.8 Å². The minimum atomic E-state index is -3.64. The van der Waals surface area contributed by atoms with Gasteiger partial charge in [-0.15, -0.1) is 0 Å². The number of anilines is 2. The zero-order chi connectivity index (χ0) is 20.9.